The summed E-state index contributed by atoms with van der Waals surface area (Å²) in [6.07, 6.45) is 1.72. The zero-order valence-electron chi connectivity index (χ0n) is 10.7. The van der Waals surface area contributed by atoms with Crippen molar-refractivity contribution in [2.75, 3.05) is 25.1 Å². The molecule has 2 N–H and O–H groups in total. The molecule has 0 aliphatic carbocycles. The Bertz CT molecular complexity index is 467. The second-order valence-electron chi connectivity index (χ2n) is 4.64. The molecule has 7 heteroatoms. The fraction of sp³-hybridized carbons (Fsp3) is 0.462. The largest absolute Gasteiger partial charge is 0.381 e. The molecular weight excluding hydrogens is 273 g/mol. The molecule has 1 aromatic carbocycles. The number of hydrogen-bond donors (Lipinski definition) is 2. The summed E-state index contributed by atoms with van der Waals surface area (Å²) in [5.41, 5.74) is -0.133. The van der Waals surface area contributed by atoms with Gasteiger partial charge in [0, 0.05) is 37.6 Å². The number of nitrogens with one attached hydrogen (secondary N) is 2. The summed E-state index contributed by atoms with van der Waals surface area (Å²) in [6.45, 7) is 1.80. The first kappa shape index (κ1) is 14.6. The average Bonchev–Trinajstić information content (AvgIpc) is 2.43. The molecule has 0 radical (unpaired) electrons. The van der Waals surface area contributed by atoms with Crippen molar-refractivity contribution in [1.82, 2.24) is 5.32 Å². The van der Waals surface area contributed by atoms with Crippen molar-refractivity contribution in [2.45, 2.75) is 12.8 Å². The molecular formula is C13H15F3N2O2. The number of benzene rings is 1. The van der Waals surface area contributed by atoms with Crippen molar-refractivity contribution >= 4 is 11.7 Å². The van der Waals surface area contributed by atoms with E-state index >= 15 is 0 Å². The van der Waals surface area contributed by atoms with Crippen molar-refractivity contribution < 1.29 is 22.7 Å². The van der Waals surface area contributed by atoms with Gasteiger partial charge in [0.1, 0.15) is 0 Å². The number of carbonyl (C=O) groups excluding carboxylic acids is 1. The average molecular weight is 288 g/mol. The van der Waals surface area contributed by atoms with Crippen molar-refractivity contribution in [3.8, 4) is 0 Å². The molecule has 1 saturated heterocycles. The van der Waals surface area contributed by atoms with Gasteiger partial charge in [0.15, 0.2) is 17.5 Å². The SMILES string of the molecule is O=C(NCC1CCOCC1)Nc1cc(F)c(F)c(F)c1. The predicted molar refractivity (Wildman–Crippen MR) is 66.9 cm³/mol. The van der Waals surface area contributed by atoms with Crippen LogP contribution in [0.3, 0.4) is 0 Å². The lowest BCUT2D eigenvalue weighted by Crippen LogP contribution is -2.35. The van der Waals surface area contributed by atoms with Gasteiger partial charge in [-0.1, -0.05) is 0 Å². The van der Waals surface area contributed by atoms with Gasteiger partial charge in [0.25, 0.3) is 0 Å². The molecule has 2 amide bonds. The molecule has 4 nitrogen and oxygen atoms in total. The molecule has 0 spiro atoms. The Morgan fingerprint density at radius 1 is 1.20 bits per heavy atom. The van der Waals surface area contributed by atoms with Crippen LogP contribution in [0.1, 0.15) is 12.8 Å². The Hall–Kier alpha value is -1.76. The zero-order valence-corrected chi connectivity index (χ0v) is 10.7. The number of halogens is 3. The Morgan fingerprint density at radius 3 is 2.40 bits per heavy atom. The van der Waals surface area contributed by atoms with E-state index in [-0.39, 0.29) is 5.69 Å². The minimum atomic E-state index is -1.56. The molecule has 1 fully saturated rings. The van der Waals surface area contributed by atoms with Crippen LogP contribution in [-0.4, -0.2) is 25.8 Å². The van der Waals surface area contributed by atoms with E-state index < -0.39 is 23.5 Å². The van der Waals surface area contributed by atoms with Crippen LogP contribution in [0.2, 0.25) is 0 Å². The lowest BCUT2D eigenvalue weighted by atomic mass is 10.0. The molecule has 0 aromatic heterocycles. The number of ether oxygens (including phenoxy) is 1. The summed E-state index contributed by atoms with van der Waals surface area (Å²) in [7, 11) is 0. The highest BCUT2D eigenvalue weighted by Gasteiger charge is 2.15. The second-order valence-corrected chi connectivity index (χ2v) is 4.64. The predicted octanol–water partition coefficient (Wildman–Crippen LogP) is 2.65. The van der Waals surface area contributed by atoms with Crippen molar-refractivity contribution in [1.29, 1.82) is 0 Å². The minimum absolute atomic E-state index is 0.133. The van der Waals surface area contributed by atoms with E-state index in [0.29, 0.717) is 25.7 Å². The molecule has 20 heavy (non-hydrogen) atoms. The highest BCUT2D eigenvalue weighted by molar-refractivity contribution is 5.89. The Labute approximate surface area is 114 Å². The summed E-state index contributed by atoms with van der Waals surface area (Å²) < 4.78 is 43.9. The maximum Gasteiger partial charge on any atom is 0.319 e. The van der Waals surface area contributed by atoms with E-state index in [1.165, 1.54) is 0 Å². The molecule has 1 aliphatic rings. The van der Waals surface area contributed by atoms with Gasteiger partial charge >= 0.3 is 6.03 Å². The fourth-order valence-electron chi connectivity index (χ4n) is 1.99. The van der Waals surface area contributed by atoms with Crippen molar-refractivity contribution in [3.63, 3.8) is 0 Å². The molecule has 1 aromatic rings. The van der Waals surface area contributed by atoms with E-state index in [9.17, 15) is 18.0 Å². The second kappa shape index (κ2) is 6.60. The number of urea groups is 1. The Balaban J connectivity index is 1.84. The third-order valence-corrected chi connectivity index (χ3v) is 3.13. The van der Waals surface area contributed by atoms with Gasteiger partial charge in [0.05, 0.1) is 0 Å². The number of hydrogen-bond acceptors (Lipinski definition) is 2. The topological polar surface area (TPSA) is 50.4 Å². The first-order valence-corrected chi connectivity index (χ1v) is 6.33. The molecule has 1 heterocycles. The van der Waals surface area contributed by atoms with Crippen LogP contribution in [0, 0.1) is 23.4 Å². The lowest BCUT2D eigenvalue weighted by molar-refractivity contribution is 0.0671. The quantitative estimate of drug-likeness (QED) is 0.840. The van der Waals surface area contributed by atoms with Gasteiger partial charge in [-0.05, 0) is 18.8 Å². The molecule has 110 valence electrons. The van der Waals surface area contributed by atoms with Crippen LogP contribution < -0.4 is 10.6 Å². The Morgan fingerprint density at radius 2 is 1.80 bits per heavy atom. The van der Waals surface area contributed by atoms with Gasteiger partial charge in [-0.15, -0.1) is 0 Å². The van der Waals surface area contributed by atoms with E-state index in [1.807, 2.05) is 0 Å². The monoisotopic (exact) mass is 288 g/mol. The number of amides is 2. The summed E-state index contributed by atoms with van der Waals surface area (Å²) in [5.74, 6) is -3.91. The summed E-state index contributed by atoms with van der Waals surface area (Å²) in [5, 5.41) is 4.87. The summed E-state index contributed by atoms with van der Waals surface area (Å²) in [4.78, 5) is 11.6. The van der Waals surface area contributed by atoms with Gasteiger partial charge in [0.2, 0.25) is 0 Å². The molecule has 0 saturated carbocycles. The molecule has 0 atom stereocenters. The third-order valence-electron chi connectivity index (χ3n) is 3.13. The Kier molecular flexibility index (Phi) is 4.84. The zero-order chi connectivity index (χ0) is 14.5. The van der Waals surface area contributed by atoms with E-state index in [2.05, 4.69) is 10.6 Å². The van der Waals surface area contributed by atoms with Crippen LogP contribution in [0.25, 0.3) is 0 Å². The third kappa shape index (κ3) is 3.86. The van der Waals surface area contributed by atoms with Gasteiger partial charge in [-0.2, -0.15) is 0 Å². The first-order valence-electron chi connectivity index (χ1n) is 6.33. The minimum Gasteiger partial charge on any atom is -0.381 e. The van der Waals surface area contributed by atoms with E-state index in [4.69, 9.17) is 4.74 Å². The van der Waals surface area contributed by atoms with Crippen molar-refractivity contribution in [3.05, 3.63) is 29.6 Å². The molecule has 0 bridgehead atoms. The van der Waals surface area contributed by atoms with E-state index in [1.54, 1.807) is 0 Å². The summed E-state index contributed by atoms with van der Waals surface area (Å²) >= 11 is 0. The normalized spacial score (nSPS) is 15.9. The van der Waals surface area contributed by atoms with Gasteiger partial charge in [-0.3, -0.25) is 0 Å². The smallest absolute Gasteiger partial charge is 0.319 e. The van der Waals surface area contributed by atoms with Gasteiger partial charge < -0.3 is 15.4 Å². The van der Waals surface area contributed by atoms with E-state index in [0.717, 1.165) is 25.0 Å². The summed E-state index contributed by atoms with van der Waals surface area (Å²) in [6, 6.07) is 0.876. The van der Waals surface area contributed by atoms with Crippen LogP contribution in [0.4, 0.5) is 23.7 Å². The molecule has 2 rings (SSSR count). The van der Waals surface area contributed by atoms with Crippen LogP contribution in [-0.2, 0) is 4.74 Å². The molecule has 1 aliphatic heterocycles. The number of rotatable bonds is 3. The standard InChI is InChI=1S/C13H15F3N2O2/c14-10-5-9(6-11(15)12(10)16)18-13(19)17-7-8-1-3-20-4-2-8/h5-6,8H,1-4,7H2,(H2,17,18,19). The lowest BCUT2D eigenvalue weighted by Gasteiger charge is -2.22. The first-order chi connectivity index (χ1) is 9.56. The van der Waals surface area contributed by atoms with Gasteiger partial charge in [-0.25, -0.2) is 18.0 Å². The fourth-order valence-corrected chi connectivity index (χ4v) is 1.99. The van der Waals surface area contributed by atoms with Crippen LogP contribution in [0.5, 0.6) is 0 Å². The van der Waals surface area contributed by atoms with Crippen LogP contribution >= 0.6 is 0 Å². The van der Waals surface area contributed by atoms with Crippen molar-refractivity contribution in [2.24, 2.45) is 5.92 Å². The maximum absolute atomic E-state index is 13.0. The van der Waals surface area contributed by atoms with Crippen LogP contribution in [0.15, 0.2) is 12.1 Å². The number of anilines is 1. The maximum atomic E-state index is 13.0. The highest BCUT2D eigenvalue weighted by Crippen LogP contribution is 2.17. The molecule has 0 unspecified atom stereocenters. The number of carbonyl (C=O) groups is 1. The highest BCUT2D eigenvalue weighted by atomic mass is 19.2.